The fourth-order valence-electron chi connectivity index (χ4n) is 1.16. The van der Waals surface area contributed by atoms with Crippen LogP contribution < -0.4 is 0 Å². The predicted octanol–water partition coefficient (Wildman–Crippen LogP) is 1.05. The number of benzene rings is 1. The van der Waals surface area contributed by atoms with Gasteiger partial charge in [0, 0.05) is 12.6 Å². The molecule has 4 heteroatoms. The van der Waals surface area contributed by atoms with E-state index in [0.29, 0.717) is 5.56 Å². The highest BCUT2D eigenvalue weighted by Crippen LogP contribution is 2.04. The lowest BCUT2D eigenvalue weighted by molar-refractivity contribution is 0.102. The van der Waals surface area contributed by atoms with Gasteiger partial charge in [0.25, 0.3) is 0 Å². The molecule has 0 spiro atoms. The molecule has 0 unspecified atom stereocenters. The molecule has 0 aliphatic heterocycles. The second-order valence-corrected chi connectivity index (χ2v) is 2.94. The maximum Gasteiger partial charge on any atom is 0.232 e. The number of nitrogens with zero attached hydrogens (tertiary/aromatic N) is 3. The zero-order valence-electron chi connectivity index (χ0n) is 7.71. The van der Waals surface area contributed by atoms with Gasteiger partial charge in [0.05, 0.1) is 0 Å². The van der Waals surface area contributed by atoms with Crippen LogP contribution in [0.5, 0.6) is 0 Å². The zero-order valence-corrected chi connectivity index (χ0v) is 7.71. The number of aryl methyl sites for hydroxylation is 1. The summed E-state index contributed by atoms with van der Waals surface area (Å²) in [6.45, 7) is 0. The summed E-state index contributed by atoms with van der Waals surface area (Å²) < 4.78 is 1.51. The Morgan fingerprint density at radius 3 is 2.57 bits per heavy atom. The van der Waals surface area contributed by atoms with E-state index in [0.717, 1.165) is 0 Å². The summed E-state index contributed by atoms with van der Waals surface area (Å²) in [5.74, 6) is 0.0879. The maximum absolute atomic E-state index is 11.7. The second kappa shape index (κ2) is 3.41. The van der Waals surface area contributed by atoms with Crippen LogP contribution in [0.25, 0.3) is 0 Å². The van der Waals surface area contributed by atoms with Gasteiger partial charge in [0.15, 0.2) is 0 Å². The van der Waals surface area contributed by atoms with Crippen molar-refractivity contribution in [3.63, 3.8) is 0 Å². The van der Waals surface area contributed by atoms with Crippen molar-refractivity contribution < 1.29 is 4.79 Å². The Bertz CT molecular complexity index is 447. The molecule has 0 fully saturated rings. The summed E-state index contributed by atoms with van der Waals surface area (Å²) >= 11 is 0. The van der Waals surface area contributed by atoms with E-state index in [9.17, 15) is 4.79 Å². The van der Waals surface area contributed by atoms with Crippen molar-refractivity contribution in [2.75, 3.05) is 0 Å². The van der Waals surface area contributed by atoms with Gasteiger partial charge in [-0.05, 0) is 0 Å². The molecule has 0 aliphatic carbocycles. The van der Waals surface area contributed by atoms with Crippen molar-refractivity contribution >= 4 is 5.78 Å². The number of hydrogen-bond donors (Lipinski definition) is 0. The Kier molecular flexibility index (Phi) is 2.10. The number of rotatable bonds is 2. The third-order valence-electron chi connectivity index (χ3n) is 1.84. The first-order chi connectivity index (χ1) is 6.77. The summed E-state index contributed by atoms with van der Waals surface area (Å²) in [6.07, 6.45) is 1.51. The summed E-state index contributed by atoms with van der Waals surface area (Å²) in [6, 6.07) is 8.99. The van der Waals surface area contributed by atoms with Gasteiger partial charge in [-0.2, -0.15) is 0 Å². The minimum absolute atomic E-state index is 0.147. The minimum Gasteiger partial charge on any atom is -0.285 e. The van der Waals surface area contributed by atoms with E-state index in [1.54, 1.807) is 19.2 Å². The SMILES string of the molecule is Cn1cnc(C(=O)c2ccccc2)n1. The first-order valence-electron chi connectivity index (χ1n) is 4.23. The zero-order chi connectivity index (χ0) is 9.97. The lowest BCUT2D eigenvalue weighted by Gasteiger charge is -1.94. The molecule has 0 amide bonds. The normalized spacial score (nSPS) is 10.1. The van der Waals surface area contributed by atoms with Gasteiger partial charge in [-0.25, -0.2) is 4.98 Å². The summed E-state index contributed by atoms with van der Waals surface area (Å²) in [5.41, 5.74) is 0.610. The van der Waals surface area contributed by atoms with Crippen LogP contribution in [-0.2, 0) is 7.05 Å². The van der Waals surface area contributed by atoms with Crippen LogP contribution in [0.15, 0.2) is 36.7 Å². The van der Waals surface area contributed by atoms with Gasteiger partial charge in [0.1, 0.15) is 6.33 Å². The standard InChI is InChI=1S/C10H9N3O/c1-13-7-11-10(12-13)9(14)8-5-3-2-4-6-8/h2-7H,1H3. The number of hydrogen-bond acceptors (Lipinski definition) is 3. The van der Waals surface area contributed by atoms with Gasteiger partial charge in [-0.3, -0.25) is 9.48 Å². The van der Waals surface area contributed by atoms with E-state index in [4.69, 9.17) is 0 Å². The van der Waals surface area contributed by atoms with E-state index in [-0.39, 0.29) is 11.6 Å². The Morgan fingerprint density at radius 1 is 1.29 bits per heavy atom. The van der Waals surface area contributed by atoms with Crippen molar-refractivity contribution in [2.24, 2.45) is 7.05 Å². The average molecular weight is 187 g/mol. The second-order valence-electron chi connectivity index (χ2n) is 2.94. The molecule has 0 saturated heterocycles. The highest BCUT2D eigenvalue weighted by atomic mass is 16.1. The first kappa shape index (κ1) is 8.62. The van der Waals surface area contributed by atoms with Gasteiger partial charge in [0.2, 0.25) is 11.6 Å². The van der Waals surface area contributed by atoms with E-state index in [2.05, 4.69) is 10.1 Å². The average Bonchev–Trinajstić information content (AvgIpc) is 2.65. The highest BCUT2D eigenvalue weighted by molar-refractivity contribution is 6.06. The number of carbonyl (C=O) groups excluding carboxylic acids is 1. The molecule has 0 bridgehead atoms. The first-order valence-corrected chi connectivity index (χ1v) is 4.23. The van der Waals surface area contributed by atoms with E-state index >= 15 is 0 Å². The third kappa shape index (κ3) is 1.54. The molecule has 0 radical (unpaired) electrons. The minimum atomic E-state index is -0.147. The van der Waals surface area contributed by atoms with Crippen LogP contribution in [0.2, 0.25) is 0 Å². The van der Waals surface area contributed by atoms with E-state index in [1.807, 2.05) is 18.2 Å². The maximum atomic E-state index is 11.7. The molecule has 1 heterocycles. The van der Waals surface area contributed by atoms with Gasteiger partial charge in [-0.1, -0.05) is 30.3 Å². The van der Waals surface area contributed by atoms with Gasteiger partial charge < -0.3 is 0 Å². The molecule has 0 N–H and O–H groups in total. The number of carbonyl (C=O) groups is 1. The highest BCUT2D eigenvalue weighted by Gasteiger charge is 2.12. The van der Waals surface area contributed by atoms with E-state index in [1.165, 1.54) is 11.0 Å². The molecule has 1 aromatic heterocycles. The lowest BCUT2D eigenvalue weighted by Crippen LogP contribution is -2.04. The molecule has 2 rings (SSSR count). The Hall–Kier alpha value is -1.97. The molecule has 0 aliphatic rings. The molecular formula is C10H9N3O. The summed E-state index contributed by atoms with van der Waals surface area (Å²) in [4.78, 5) is 15.6. The van der Waals surface area contributed by atoms with Crippen molar-refractivity contribution in [3.8, 4) is 0 Å². The number of ketones is 1. The molecule has 70 valence electrons. The van der Waals surface area contributed by atoms with Gasteiger partial charge >= 0.3 is 0 Å². The van der Waals surface area contributed by atoms with E-state index < -0.39 is 0 Å². The van der Waals surface area contributed by atoms with Crippen LogP contribution in [0, 0.1) is 0 Å². The lowest BCUT2D eigenvalue weighted by atomic mass is 10.1. The predicted molar refractivity (Wildman–Crippen MR) is 50.9 cm³/mol. The van der Waals surface area contributed by atoms with Crippen molar-refractivity contribution in [3.05, 3.63) is 48.0 Å². The van der Waals surface area contributed by atoms with Crippen molar-refractivity contribution in [1.82, 2.24) is 14.8 Å². The molecule has 0 atom stereocenters. The van der Waals surface area contributed by atoms with Crippen molar-refractivity contribution in [2.45, 2.75) is 0 Å². The van der Waals surface area contributed by atoms with Crippen LogP contribution in [-0.4, -0.2) is 20.5 Å². The molecule has 1 aromatic carbocycles. The quantitative estimate of drug-likeness (QED) is 0.660. The summed E-state index contributed by atoms with van der Waals surface area (Å²) in [7, 11) is 1.73. The fraction of sp³-hybridized carbons (Fsp3) is 0.100. The monoisotopic (exact) mass is 187 g/mol. The smallest absolute Gasteiger partial charge is 0.232 e. The molecule has 4 nitrogen and oxygen atoms in total. The molecular weight excluding hydrogens is 178 g/mol. The molecule has 0 saturated carbocycles. The van der Waals surface area contributed by atoms with Crippen LogP contribution in [0.1, 0.15) is 16.2 Å². The molecule has 2 aromatic rings. The Balaban J connectivity index is 2.34. The van der Waals surface area contributed by atoms with Gasteiger partial charge in [-0.15, -0.1) is 5.10 Å². The third-order valence-corrected chi connectivity index (χ3v) is 1.84. The van der Waals surface area contributed by atoms with Crippen molar-refractivity contribution in [1.29, 1.82) is 0 Å². The topological polar surface area (TPSA) is 47.8 Å². The molecule has 14 heavy (non-hydrogen) atoms. The largest absolute Gasteiger partial charge is 0.285 e. The Labute approximate surface area is 81.2 Å². The fourth-order valence-corrected chi connectivity index (χ4v) is 1.16. The van der Waals surface area contributed by atoms with Crippen LogP contribution in [0.4, 0.5) is 0 Å². The van der Waals surface area contributed by atoms with Crippen LogP contribution in [0.3, 0.4) is 0 Å². The number of aromatic nitrogens is 3. The van der Waals surface area contributed by atoms with Crippen LogP contribution >= 0.6 is 0 Å². The Morgan fingerprint density at radius 2 is 2.00 bits per heavy atom. The summed E-state index contributed by atoms with van der Waals surface area (Å²) in [5, 5.41) is 3.94.